The van der Waals surface area contributed by atoms with E-state index in [2.05, 4.69) is 11.4 Å². The van der Waals surface area contributed by atoms with E-state index in [1.54, 1.807) is 18.4 Å². The molecule has 1 heterocycles. The first kappa shape index (κ1) is 13.4. The van der Waals surface area contributed by atoms with E-state index in [-0.39, 0.29) is 5.92 Å². The summed E-state index contributed by atoms with van der Waals surface area (Å²) >= 11 is 1.79. The van der Waals surface area contributed by atoms with Crippen molar-refractivity contribution >= 4 is 17.1 Å². The van der Waals surface area contributed by atoms with Crippen molar-refractivity contribution in [1.29, 1.82) is 0 Å². The van der Waals surface area contributed by atoms with Crippen LogP contribution in [0.3, 0.4) is 0 Å². The molecule has 1 aliphatic carbocycles. The van der Waals surface area contributed by atoms with Crippen LogP contribution in [0.5, 0.6) is 5.75 Å². The van der Waals surface area contributed by atoms with Crippen LogP contribution < -0.4 is 4.74 Å². The van der Waals surface area contributed by atoms with Gasteiger partial charge in [0.05, 0.1) is 7.11 Å². The zero-order chi connectivity index (χ0) is 13.9. The lowest BCUT2D eigenvalue weighted by atomic mass is 9.83. The van der Waals surface area contributed by atoms with Gasteiger partial charge in [-0.3, -0.25) is 4.79 Å². The van der Waals surface area contributed by atoms with Crippen LogP contribution in [-0.4, -0.2) is 12.9 Å². The summed E-state index contributed by atoms with van der Waals surface area (Å²) in [4.78, 5) is 14.0. The van der Waals surface area contributed by atoms with E-state index in [0.29, 0.717) is 12.2 Å². The minimum Gasteiger partial charge on any atom is -0.497 e. The van der Waals surface area contributed by atoms with Crippen molar-refractivity contribution < 1.29 is 9.53 Å². The highest BCUT2D eigenvalue weighted by Gasteiger charge is 2.27. The second-order valence-electron chi connectivity index (χ2n) is 5.24. The fourth-order valence-electron chi connectivity index (χ4n) is 2.93. The number of Topliss-reactive ketones (excluding diaryl/α,β-unsaturated/α-hetero) is 1. The molecule has 1 unspecified atom stereocenters. The number of benzene rings is 1. The van der Waals surface area contributed by atoms with E-state index in [9.17, 15) is 4.79 Å². The zero-order valence-electron chi connectivity index (χ0n) is 11.6. The molecule has 2 aromatic rings. The number of fused-ring (bicyclic) bond motifs is 1. The van der Waals surface area contributed by atoms with Crippen LogP contribution >= 0.6 is 11.3 Å². The molecule has 104 valence electrons. The van der Waals surface area contributed by atoms with Gasteiger partial charge in [0.25, 0.3) is 0 Å². The Morgan fingerprint density at radius 3 is 3.15 bits per heavy atom. The van der Waals surface area contributed by atoms with Gasteiger partial charge in [-0.1, -0.05) is 12.1 Å². The van der Waals surface area contributed by atoms with E-state index in [4.69, 9.17) is 4.74 Å². The van der Waals surface area contributed by atoms with Crippen LogP contribution in [0, 0.1) is 0 Å². The highest BCUT2D eigenvalue weighted by molar-refractivity contribution is 7.10. The quantitative estimate of drug-likeness (QED) is 0.849. The van der Waals surface area contributed by atoms with Crippen LogP contribution in [-0.2, 0) is 17.6 Å². The predicted octanol–water partition coefficient (Wildman–Crippen LogP) is 3.99. The number of methoxy groups -OCH3 is 1. The first-order valence-corrected chi connectivity index (χ1v) is 7.88. The lowest BCUT2D eigenvalue weighted by Gasteiger charge is -2.21. The van der Waals surface area contributed by atoms with E-state index in [1.165, 1.54) is 10.4 Å². The predicted molar refractivity (Wildman–Crippen MR) is 81.7 cm³/mol. The summed E-state index contributed by atoms with van der Waals surface area (Å²) in [5.41, 5.74) is 2.31. The summed E-state index contributed by atoms with van der Waals surface area (Å²) in [5.74, 6) is 1.24. The summed E-state index contributed by atoms with van der Waals surface area (Å²) < 4.78 is 5.22. The van der Waals surface area contributed by atoms with Gasteiger partial charge in [0.1, 0.15) is 11.5 Å². The number of carbonyl (C=O) groups is 1. The summed E-state index contributed by atoms with van der Waals surface area (Å²) in [6.45, 7) is 0. The molecule has 3 heteroatoms. The molecule has 0 saturated heterocycles. The highest BCUT2D eigenvalue weighted by atomic mass is 32.1. The first-order valence-electron chi connectivity index (χ1n) is 7.00. The molecule has 20 heavy (non-hydrogen) atoms. The number of thiophene rings is 1. The molecule has 0 radical (unpaired) electrons. The van der Waals surface area contributed by atoms with Crippen molar-refractivity contribution in [3.05, 3.63) is 51.7 Å². The summed E-state index contributed by atoms with van der Waals surface area (Å²) in [6.07, 6.45) is 3.75. The fraction of sp³-hybridized carbons (Fsp3) is 0.353. The van der Waals surface area contributed by atoms with E-state index in [0.717, 1.165) is 30.6 Å². The maximum Gasteiger partial charge on any atom is 0.144 e. The molecule has 0 bridgehead atoms. The number of ketones is 1. The first-order chi connectivity index (χ1) is 9.78. The second-order valence-corrected chi connectivity index (χ2v) is 6.24. The number of hydrogen-bond donors (Lipinski definition) is 0. The average molecular weight is 286 g/mol. The monoisotopic (exact) mass is 286 g/mol. The third-order valence-corrected chi connectivity index (χ3v) is 4.95. The molecular formula is C17H18O2S. The molecule has 1 aromatic heterocycles. The Bertz CT molecular complexity index is 615. The third-order valence-electron chi connectivity index (χ3n) is 3.95. The largest absolute Gasteiger partial charge is 0.497 e. The van der Waals surface area contributed by atoms with Crippen LogP contribution in [0.15, 0.2) is 35.7 Å². The zero-order valence-corrected chi connectivity index (χ0v) is 12.4. The lowest BCUT2D eigenvalue weighted by molar-refractivity contribution is -0.120. The molecular weight excluding hydrogens is 268 g/mol. The SMILES string of the molecule is COc1cccc(CC(=O)C2CCCc3sccc32)c1. The Kier molecular flexibility index (Phi) is 3.88. The Hall–Kier alpha value is -1.61. The molecule has 0 spiro atoms. The molecule has 2 nitrogen and oxygen atoms in total. The molecule has 0 aliphatic heterocycles. The van der Waals surface area contributed by atoms with Gasteiger partial charge in [0.15, 0.2) is 0 Å². The van der Waals surface area contributed by atoms with Crippen molar-refractivity contribution in [1.82, 2.24) is 0 Å². The van der Waals surface area contributed by atoms with Crippen molar-refractivity contribution in [2.24, 2.45) is 0 Å². The molecule has 1 aliphatic rings. The molecule has 3 rings (SSSR count). The van der Waals surface area contributed by atoms with Crippen molar-refractivity contribution in [3.8, 4) is 5.75 Å². The normalized spacial score (nSPS) is 17.6. The van der Waals surface area contributed by atoms with E-state index in [1.807, 2.05) is 24.3 Å². The standard InChI is InChI=1S/C17H18O2S/c1-19-13-5-2-4-12(10-13)11-16(18)14-6-3-7-17-15(14)8-9-20-17/h2,4-5,8-10,14H,3,6-7,11H2,1H3. The molecule has 0 fully saturated rings. The maximum absolute atomic E-state index is 12.6. The van der Waals surface area contributed by atoms with Gasteiger partial charge in [-0.25, -0.2) is 0 Å². The highest BCUT2D eigenvalue weighted by Crippen LogP contribution is 2.36. The van der Waals surface area contributed by atoms with Crippen molar-refractivity contribution in [3.63, 3.8) is 0 Å². The van der Waals surface area contributed by atoms with Gasteiger partial charge in [-0.2, -0.15) is 0 Å². The average Bonchev–Trinajstić information content (AvgIpc) is 2.95. The van der Waals surface area contributed by atoms with Gasteiger partial charge < -0.3 is 4.74 Å². The van der Waals surface area contributed by atoms with Crippen LogP contribution in [0.2, 0.25) is 0 Å². The van der Waals surface area contributed by atoms with E-state index >= 15 is 0 Å². The third kappa shape index (κ3) is 2.63. The Balaban J connectivity index is 1.77. The number of hydrogen-bond acceptors (Lipinski definition) is 3. The maximum atomic E-state index is 12.6. The number of rotatable bonds is 4. The molecule has 0 saturated carbocycles. The van der Waals surface area contributed by atoms with Gasteiger partial charge >= 0.3 is 0 Å². The topological polar surface area (TPSA) is 26.3 Å². The Morgan fingerprint density at radius 1 is 1.40 bits per heavy atom. The van der Waals surface area contributed by atoms with Crippen molar-refractivity contribution in [2.75, 3.05) is 7.11 Å². The minimum absolute atomic E-state index is 0.0937. The second kappa shape index (κ2) is 5.80. The fourth-order valence-corrected chi connectivity index (χ4v) is 3.92. The number of aryl methyl sites for hydroxylation is 1. The van der Waals surface area contributed by atoms with Crippen molar-refractivity contribution in [2.45, 2.75) is 31.6 Å². The molecule has 1 aromatic carbocycles. The lowest BCUT2D eigenvalue weighted by Crippen LogP contribution is -2.18. The van der Waals surface area contributed by atoms with E-state index < -0.39 is 0 Å². The minimum atomic E-state index is 0.0937. The van der Waals surface area contributed by atoms with Gasteiger partial charge in [0.2, 0.25) is 0 Å². The Labute approximate surface area is 123 Å². The Morgan fingerprint density at radius 2 is 2.30 bits per heavy atom. The smallest absolute Gasteiger partial charge is 0.144 e. The van der Waals surface area contributed by atoms with Crippen LogP contribution in [0.25, 0.3) is 0 Å². The summed E-state index contributed by atoms with van der Waals surface area (Å²) in [6, 6.07) is 9.93. The summed E-state index contributed by atoms with van der Waals surface area (Å²) in [7, 11) is 1.65. The van der Waals surface area contributed by atoms with Gasteiger partial charge in [-0.15, -0.1) is 11.3 Å². The summed E-state index contributed by atoms with van der Waals surface area (Å²) in [5, 5.41) is 2.11. The number of carbonyl (C=O) groups excluding carboxylic acids is 1. The van der Waals surface area contributed by atoms with Gasteiger partial charge in [0, 0.05) is 17.2 Å². The van der Waals surface area contributed by atoms with Crippen LogP contribution in [0.4, 0.5) is 0 Å². The number of ether oxygens (including phenoxy) is 1. The van der Waals surface area contributed by atoms with Gasteiger partial charge in [-0.05, 0) is 54.0 Å². The molecule has 1 atom stereocenters. The molecule has 0 N–H and O–H groups in total. The van der Waals surface area contributed by atoms with Crippen LogP contribution in [0.1, 0.15) is 34.8 Å². The molecule has 0 amide bonds.